The van der Waals surface area contributed by atoms with Crippen molar-refractivity contribution >= 4 is 35.0 Å². The average Bonchev–Trinajstić information content (AvgIpc) is 2.93. The number of nitriles is 1. The lowest BCUT2D eigenvalue weighted by molar-refractivity contribution is -0.129. The Morgan fingerprint density at radius 2 is 1.72 bits per heavy atom. The molecule has 0 unspecified atom stereocenters. The lowest BCUT2D eigenvalue weighted by Crippen LogP contribution is -2.47. The van der Waals surface area contributed by atoms with Crippen molar-refractivity contribution in [2.75, 3.05) is 17.4 Å². The van der Waals surface area contributed by atoms with Gasteiger partial charge in [0.2, 0.25) is 5.91 Å². The van der Waals surface area contributed by atoms with Crippen LogP contribution in [-0.2, 0) is 17.8 Å². The molecular weight excluding hydrogens is 490 g/mol. The summed E-state index contributed by atoms with van der Waals surface area (Å²) in [5, 5.41) is 11.5. The molecule has 1 saturated heterocycles. The Morgan fingerprint density at radius 1 is 1.03 bits per heavy atom. The minimum Gasteiger partial charge on any atom is -0.489 e. The molecular formula is C29H26ClN3O2S. The summed E-state index contributed by atoms with van der Waals surface area (Å²) in [6, 6.07) is 26.1. The number of amides is 1. The molecule has 1 fully saturated rings. The average molecular weight is 516 g/mol. The number of anilines is 1. The molecule has 0 aromatic heterocycles. The smallest absolute Gasteiger partial charge is 0.229 e. The number of aryl methyl sites for hydroxylation is 1. The van der Waals surface area contributed by atoms with Crippen LogP contribution in [0.1, 0.15) is 36.0 Å². The van der Waals surface area contributed by atoms with Gasteiger partial charge in [-0.15, -0.1) is 0 Å². The van der Waals surface area contributed by atoms with Crippen molar-refractivity contribution in [3.63, 3.8) is 0 Å². The zero-order valence-electron chi connectivity index (χ0n) is 20.0. The molecule has 3 aromatic carbocycles. The lowest BCUT2D eigenvalue weighted by Gasteiger charge is -2.42. The fourth-order valence-corrected chi connectivity index (χ4v) is 5.79. The molecule has 36 heavy (non-hydrogen) atoms. The molecule has 5 rings (SSSR count). The van der Waals surface area contributed by atoms with Crippen LogP contribution in [0.4, 0.5) is 5.69 Å². The number of thioether (sulfide) groups is 1. The van der Waals surface area contributed by atoms with Crippen LogP contribution in [0.5, 0.6) is 5.75 Å². The number of hydrogen-bond acceptors (Lipinski definition) is 5. The Balaban J connectivity index is 1.30. The number of carbonyl (C=O) groups excluding carboxylic acids is 1. The first-order valence-electron chi connectivity index (χ1n) is 11.9. The highest BCUT2D eigenvalue weighted by molar-refractivity contribution is 8.03. The van der Waals surface area contributed by atoms with E-state index in [-0.39, 0.29) is 18.2 Å². The monoisotopic (exact) mass is 515 g/mol. The SMILES string of the molecule is CCc1ccc(N2CSC3=C(C#N)[C@@H](c4ccc(OCc5ccc(Cl)cc5)cc4)CC(=O)N3C2)cc1. The summed E-state index contributed by atoms with van der Waals surface area (Å²) in [5.74, 6) is 1.22. The van der Waals surface area contributed by atoms with E-state index < -0.39 is 0 Å². The van der Waals surface area contributed by atoms with Gasteiger partial charge in [-0.1, -0.05) is 66.7 Å². The number of benzene rings is 3. The Morgan fingerprint density at radius 3 is 2.39 bits per heavy atom. The van der Waals surface area contributed by atoms with Crippen LogP contribution in [0, 0.1) is 11.3 Å². The van der Waals surface area contributed by atoms with E-state index in [9.17, 15) is 10.1 Å². The summed E-state index contributed by atoms with van der Waals surface area (Å²) in [6.07, 6.45) is 1.27. The van der Waals surface area contributed by atoms with Crippen LogP contribution >= 0.6 is 23.4 Å². The normalized spacial score (nSPS) is 17.6. The molecule has 1 amide bonds. The van der Waals surface area contributed by atoms with E-state index in [2.05, 4.69) is 42.2 Å². The van der Waals surface area contributed by atoms with Crippen LogP contribution < -0.4 is 9.64 Å². The fourth-order valence-electron chi connectivity index (χ4n) is 4.50. The van der Waals surface area contributed by atoms with Crippen molar-refractivity contribution in [3.05, 3.63) is 105 Å². The van der Waals surface area contributed by atoms with Gasteiger partial charge in [-0.2, -0.15) is 5.26 Å². The number of fused-ring (bicyclic) bond motifs is 1. The zero-order chi connectivity index (χ0) is 25.1. The number of halogens is 1. The minimum atomic E-state index is -0.248. The molecule has 2 aliphatic rings. The number of rotatable bonds is 6. The van der Waals surface area contributed by atoms with Gasteiger partial charge < -0.3 is 9.64 Å². The predicted octanol–water partition coefficient (Wildman–Crippen LogP) is 6.70. The number of allylic oxidation sites excluding steroid dienone is 1. The Kier molecular flexibility index (Phi) is 7.22. The Labute approximate surface area is 220 Å². The largest absolute Gasteiger partial charge is 0.489 e. The summed E-state index contributed by atoms with van der Waals surface area (Å²) in [4.78, 5) is 17.1. The number of ether oxygens (including phenoxy) is 1. The van der Waals surface area contributed by atoms with Crippen LogP contribution in [-0.4, -0.2) is 23.4 Å². The molecule has 2 heterocycles. The maximum atomic E-state index is 13.2. The van der Waals surface area contributed by atoms with Crippen molar-refractivity contribution < 1.29 is 9.53 Å². The third-order valence-electron chi connectivity index (χ3n) is 6.60. The van der Waals surface area contributed by atoms with Crippen LogP contribution in [0.2, 0.25) is 5.02 Å². The Bertz CT molecular complexity index is 1310. The maximum Gasteiger partial charge on any atom is 0.229 e. The van der Waals surface area contributed by atoms with Crippen molar-refractivity contribution in [2.45, 2.75) is 32.3 Å². The van der Waals surface area contributed by atoms with Crippen molar-refractivity contribution in [1.29, 1.82) is 5.26 Å². The second-order valence-electron chi connectivity index (χ2n) is 8.87. The van der Waals surface area contributed by atoms with Crippen molar-refractivity contribution in [2.24, 2.45) is 0 Å². The number of nitrogens with zero attached hydrogens (tertiary/aromatic N) is 3. The van der Waals surface area contributed by atoms with E-state index in [1.165, 1.54) is 5.56 Å². The van der Waals surface area contributed by atoms with Gasteiger partial charge in [-0.25, -0.2) is 0 Å². The zero-order valence-corrected chi connectivity index (χ0v) is 21.6. The predicted molar refractivity (Wildman–Crippen MR) is 145 cm³/mol. The minimum absolute atomic E-state index is 0.0412. The van der Waals surface area contributed by atoms with Gasteiger partial charge in [-0.05, 0) is 59.5 Å². The topological polar surface area (TPSA) is 56.6 Å². The standard InChI is InChI=1S/C29H26ClN3O2S/c1-2-20-5-11-24(12-6-20)32-18-33-28(34)15-26(27(16-31)29(33)36-19-32)22-7-13-25(14-8-22)35-17-21-3-9-23(30)10-4-21/h3-14,26H,2,15,17-19H2,1H3/t26-/m1/s1. The van der Waals surface area contributed by atoms with Gasteiger partial charge in [0.1, 0.15) is 12.4 Å². The first-order valence-corrected chi connectivity index (χ1v) is 13.3. The molecule has 0 spiro atoms. The molecule has 0 bridgehead atoms. The van der Waals surface area contributed by atoms with E-state index in [0.717, 1.165) is 34.0 Å². The van der Waals surface area contributed by atoms with E-state index in [1.807, 2.05) is 48.5 Å². The quantitative estimate of drug-likeness (QED) is 0.365. The first-order chi connectivity index (χ1) is 17.6. The second kappa shape index (κ2) is 10.7. The summed E-state index contributed by atoms with van der Waals surface area (Å²) in [5.41, 5.74) is 5.01. The van der Waals surface area contributed by atoms with Crippen molar-refractivity contribution in [3.8, 4) is 11.8 Å². The molecule has 182 valence electrons. The summed E-state index contributed by atoms with van der Waals surface area (Å²) in [6.45, 7) is 3.04. The highest BCUT2D eigenvalue weighted by atomic mass is 35.5. The molecule has 5 nitrogen and oxygen atoms in total. The van der Waals surface area contributed by atoms with Crippen LogP contribution in [0.15, 0.2) is 83.4 Å². The molecule has 0 aliphatic carbocycles. The van der Waals surface area contributed by atoms with Gasteiger partial charge >= 0.3 is 0 Å². The second-order valence-corrected chi connectivity index (χ2v) is 10.2. The summed E-state index contributed by atoms with van der Waals surface area (Å²) < 4.78 is 5.90. The maximum absolute atomic E-state index is 13.2. The summed E-state index contributed by atoms with van der Waals surface area (Å²) >= 11 is 7.50. The fraction of sp³-hybridized carbons (Fsp3) is 0.241. The van der Waals surface area contributed by atoms with E-state index >= 15 is 0 Å². The first kappa shape index (κ1) is 24.3. The lowest BCUT2D eigenvalue weighted by atomic mass is 9.86. The van der Waals surface area contributed by atoms with Gasteiger partial charge in [0.25, 0.3) is 0 Å². The Hall–Kier alpha value is -3.40. The van der Waals surface area contributed by atoms with Crippen LogP contribution in [0.25, 0.3) is 0 Å². The third-order valence-corrected chi connectivity index (χ3v) is 8.01. The van der Waals surface area contributed by atoms with Gasteiger partial charge in [-0.3, -0.25) is 9.69 Å². The third kappa shape index (κ3) is 5.09. The molecule has 0 saturated carbocycles. The number of hydrogen-bond donors (Lipinski definition) is 0. The van der Waals surface area contributed by atoms with E-state index in [1.54, 1.807) is 16.7 Å². The molecule has 0 N–H and O–H groups in total. The molecule has 7 heteroatoms. The van der Waals surface area contributed by atoms with Crippen LogP contribution in [0.3, 0.4) is 0 Å². The van der Waals surface area contributed by atoms with E-state index in [0.29, 0.717) is 29.7 Å². The number of carbonyl (C=O) groups is 1. The molecule has 2 aliphatic heterocycles. The van der Waals surface area contributed by atoms with E-state index in [4.69, 9.17) is 16.3 Å². The molecule has 1 atom stereocenters. The van der Waals surface area contributed by atoms with Gasteiger partial charge in [0, 0.05) is 23.0 Å². The van der Waals surface area contributed by atoms with Gasteiger partial charge in [0.15, 0.2) is 0 Å². The highest BCUT2D eigenvalue weighted by Crippen LogP contribution is 2.43. The molecule has 3 aromatic rings. The van der Waals surface area contributed by atoms with Crippen molar-refractivity contribution in [1.82, 2.24) is 4.90 Å². The summed E-state index contributed by atoms with van der Waals surface area (Å²) in [7, 11) is 0. The highest BCUT2D eigenvalue weighted by Gasteiger charge is 2.38. The van der Waals surface area contributed by atoms with Gasteiger partial charge in [0.05, 0.1) is 29.2 Å². The molecule has 0 radical (unpaired) electrons.